The van der Waals surface area contributed by atoms with Crippen molar-refractivity contribution in [3.05, 3.63) is 64.3 Å². The van der Waals surface area contributed by atoms with Crippen LogP contribution in [0.5, 0.6) is 0 Å². The number of nitrogens with zero attached hydrogens (tertiary/aromatic N) is 1. The average Bonchev–Trinajstić information content (AvgIpc) is 3.02. The minimum atomic E-state index is -3.60. The van der Waals surface area contributed by atoms with Gasteiger partial charge in [-0.3, -0.25) is 0 Å². The van der Waals surface area contributed by atoms with Gasteiger partial charge in [-0.25, -0.2) is 17.5 Å². The zero-order chi connectivity index (χ0) is 18.9. The molecule has 8 heteroatoms. The number of carbonyl (C=O) groups is 1. The molecule has 0 bridgehead atoms. The lowest BCUT2D eigenvalue weighted by Gasteiger charge is -2.13. The molecule has 2 aromatic carbocycles. The Kier molecular flexibility index (Phi) is 5.17. The number of halogens is 1. The summed E-state index contributed by atoms with van der Waals surface area (Å²) in [6, 6.07) is 13.5. The highest BCUT2D eigenvalue weighted by molar-refractivity contribution is 9.10. The van der Waals surface area contributed by atoms with Crippen LogP contribution in [0.2, 0.25) is 0 Å². The number of fused-ring (bicyclic) bond motifs is 1. The number of carbonyl (C=O) groups excluding carboxylic acids is 1. The second-order valence-corrected chi connectivity index (χ2v) is 8.73. The summed E-state index contributed by atoms with van der Waals surface area (Å²) in [4.78, 5) is 12.3. The Morgan fingerprint density at radius 3 is 2.54 bits per heavy atom. The van der Waals surface area contributed by atoms with Crippen molar-refractivity contribution in [2.24, 2.45) is 0 Å². The molecule has 0 radical (unpaired) electrons. The van der Waals surface area contributed by atoms with E-state index in [9.17, 15) is 13.2 Å². The van der Waals surface area contributed by atoms with Gasteiger partial charge in [0, 0.05) is 24.0 Å². The van der Waals surface area contributed by atoms with Crippen LogP contribution < -0.4 is 0 Å². The summed E-state index contributed by atoms with van der Waals surface area (Å²) in [5.41, 5.74) is 0.963. The van der Waals surface area contributed by atoms with E-state index < -0.39 is 16.0 Å². The number of para-hydroxylation sites is 1. The van der Waals surface area contributed by atoms with Crippen LogP contribution in [0.15, 0.2) is 62.3 Å². The van der Waals surface area contributed by atoms with Crippen LogP contribution in [0, 0.1) is 0 Å². The third kappa shape index (κ3) is 3.67. The first-order valence-electron chi connectivity index (χ1n) is 7.65. The zero-order valence-corrected chi connectivity index (χ0v) is 16.5. The minimum Gasteiger partial charge on any atom is -0.457 e. The Bertz CT molecular complexity index is 1040. The molecule has 0 aliphatic heterocycles. The number of hydrogen-bond acceptors (Lipinski definition) is 5. The predicted octanol–water partition coefficient (Wildman–Crippen LogP) is 3.80. The molecule has 136 valence electrons. The van der Waals surface area contributed by atoms with E-state index in [1.807, 2.05) is 30.3 Å². The van der Waals surface area contributed by atoms with E-state index in [0.717, 1.165) is 15.3 Å². The molecule has 26 heavy (non-hydrogen) atoms. The molecule has 1 aromatic heterocycles. The molecule has 0 N–H and O–H groups in total. The third-order valence-corrected chi connectivity index (χ3v) is 6.54. The molecule has 0 fully saturated rings. The van der Waals surface area contributed by atoms with Crippen molar-refractivity contribution in [2.75, 3.05) is 14.1 Å². The Morgan fingerprint density at radius 2 is 1.88 bits per heavy atom. The molecule has 1 heterocycles. The molecule has 0 unspecified atom stereocenters. The summed E-state index contributed by atoms with van der Waals surface area (Å²) < 4.78 is 36.6. The molecule has 0 saturated heterocycles. The van der Waals surface area contributed by atoms with E-state index in [1.54, 1.807) is 0 Å². The van der Waals surface area contributed by atoms with E-state index in [0.29, 0.717) is 10.2 Å². The lowest BCUT2D eigenvalue weighted by Crippen LogP contribution is -2.22. The normalized spacial score (nSPS) is 11.8. The van der Waals surface area contributed by atoms with Crippen LogP contribution in [0.3, 0.4) is 0 Å². The summed E-state index contributed by atoms with van der Waals surface area (Å²) in [5, 5.41) is 0.930. The maximum absolute atomic E-state index is 12.2. The van der Waals surface area contributed by atoms with E-state index in [4.69, 9.17) is 9.15 Å². The maximum Gasteiger partial charge on any atom is 0.338 e. The zero-order valence-electron chi connectivity index (χ0n) is 14.1. The van der Waals surface area contributed by atoms with Gasteiger partial charge >= 0.3 is 5.97 Å². The third-order valence-electron chi connectivity index (χ3n) is 3.75. The van der Waals surface area contributed by atoms with Crippen molar-refractivity contribution in [1.82, 2.24) is 4.31 Å². The van der Waals surface area contributed by atoms with E-state index >= 15 is 0 Å². The number of rotatable bonds is 5. The van der Waals surface area contributed by atoms with Crippen LogP contribution in [-0.2, 0) is 21.4 Å². The summed E-state index contributed by atoms with van der Waals surface area (Å²) in [5.74, 6) is -0.0367. The standard InChI is InChI=1S/C18H16BrNO5S/c1-20(2)26(22,23)17-8-7-13(10-15(17)19)18(21)24-11-14-9-12-5-3-4-6-16(12)25-14/h3-10H,11H2,1-2H3. The van der Waals surface area contributed by atoms with Crippen LogP contribution >= 0.6 is 15.9 Å². The SMILES string of the molecule is CN(C)S(=O)(=O)c1ccc(C(=O)OCc2cc3ccccc3o2)cc1Br. The summed E-state index contributed by atoms with van der Waals surface area (Å²) in [6.07, 6.45) is 0. The minimum absolute atomic E-state index is 0.0110. The summed E-state index contributed by atoms with van der Waals surface area (Å²) in [7, 11) is -0.717. The molecular weight excluding hydrogens is 422 g/mol. The number of sulfonamides is 1. The van der Waals surface area contributed by atoms with Crippen molar-refractivity contribution in [3.8, 4) is 0 Å². The second-order valence-electron chi connectivity index (χ2n) is 5.76. The first kappa shape index (κ1) is 18.6. The van der Waals surface area contributed by atoms with Crippen molar-refractivity contribution in [3.63, 3.8) is 0 Å². The summed E-state index contributed by atoms with van der Waals surface area (Å²) in [6.45, 7) is -0.0110. The van der Waals surface area contributed by atoms with Crippen LogP contribution in [-0.4, -0.2) is 32.8 Å². The molecular formula is C18H16BrNO5S. The lowest BCUT2D eigenvalue weighted by atomic mass is 10.2. The predicted molar refractivity (Wildman–Crippen MR) is 100 cm³/mol. The molecule has 0 aliphatic carbocycles. The van der Waals surface area contributed by atoms with Gasteiger partial charge in [0.1, 0.15) is 18.0 Å². The smallest absolute Gasteiger partial charge is 0.338 e. The highest BCUT2D eigenvalue weighted by atomic mass is 79.9. The molecule has 0 aliphatic rings. The number of ether oxygens (including phenoxy) is 1. The van der Waals surface area contributed by atoms with Crippen LogP contribution in [0.4, 0.5) is 0 Å². The van der Waals surface area contributed by atoms with Gasteiger partial charge in [0.25, 0.3) is 0 Å². The molecule has 6 nitrogen and oxygen atoms in total. The fourth-order valence-electron chi connectivity index (χ4n) is 2.36. The molecule has 3 aromatic rings. The Hall–Kier alpha value is -2.16. The van der Waals surface area contributed by atoms with Crippen molar-refractivity contribution in [2.45, 2.75) is 11.5 Å². The van der Waals surface area contributed by atoms with Gasteiger partial charge in [-0.15, -0.1) is 0 Å². The van der Waals surface area contributed by atoms with Gasteiger partial charge < -0.3 is 9.15 Å². The Labute approximate surface area is 159 Å². The van der Waals surface area contributed by atoms with E-state index in [1.165, 1.54) is 32.3 Å². The van der Waals surface area contributed by atoms with Gasteiger partial charge in [0.05, 0.1) is 10.5 Å². The van der Waals surface area contributed by atoms with Crippen molar-refractivity contribution < 1.29 is 22.4 Å². The molecule has 0 amide bonds. The van der Waals surface area contributed by atoms with E-state index in [-0.39, 0.29) is 17.1 Å². The van der Waals surface area contributed by atoms with Gasteiger partial charge in [-0.05, 0) is 46.3 Å². The van der Waals surface area contributed by atoms with Gasteiger partial charge in [0.15, 0.2) is 0 Å². The van der Waals surface area contributed by atoms with Crippen molar-refractivity contribution >= 4 is 42.9 Å². The summed E-state index contributed by atoms with van der Waals surface area (Å²) >= 11 is 3.21. The largest absolute Gasteiger partial charge is 0.457 e. The highest BCUT2D eigenvalue weighted by Gasteiger charge is 2.22. The lowest BCUT2D eigenvalue weighted by molar-refractivity contribution is 0.0447. The van der Waals surface area contributed by atoms with Crippen molar-refractivity contribution in [1.29, 1.82) is 0 Å². The number of furan rings is 1. The number of esters is 1. The second kappa shape index (κ2) is 7.22. The van der Waals surface area contributed by atoms with E-state index in [2.05, 4.69) is 15.9 Å². The fourth-order valence-corrected chi connectivity index (χ4v) is 4.29. The highest BCUT2D eigenvalue weighted by Crippen LogP contribution is 2.26. The number of benzene rings is 2. The Morgan fingerprint density at radius 1 is 1.15 bits per heavy atom. The first-order chi connectivity index (χ1) is 12.3. The fraction of sp³-hybridized carbons (Fsp3) is 0.167. The van der Waals surface area contributed by atoms with Crippen LogP contribution in [0.25, 0.3) is 11.0 Å². The van der Waals surface area contributed by atoms with Gasteiger partial charge in [-0.1, -0.05) is 18.2 Å². The van der Waals surface area contributed by atoms with Gasteiger partial charge in [-0.2, -0.15) is 0 Å². The average molecular weight is 438 g/mol. The van der Waals surface area contributed by atoms with Gasteiger partial charge in [0.2, 0.25) is 10.0 Å². The number of hydrogen-bond donors (Lipinski definition) is 0. The molecule has 3 rings (SSSR count). The van der Waals surface area contributed by atoms with Crippen LogP contribution in [0.1, 0.15) is 16.1 Å². The molecule has 0 saturated carbocycles. The Balaban J connectivity index is 1.75. The maximum atomic E-state index is 12.2. The monoisotopic (exact) mass is 437 g/mol. The molecule has 0 atom stereocenters. The quantitative estimate of drug-likeness (QED) is 0.567. The first-order valence-corrected chi connectivity index (χ1v) is 9.89. The topological polar surface area (TPSA) is 76.8 Å². The molecule has 0 spiro atoms.